The second kappa shape index (κ2) is 9.49. The minimum Gasteiger partial charge on any atom is -0.452 e. The number of nitro groups is 1. The fraction of sp³-hybridized carbons (Fsp3) is 0.111. The van der Waals surface area contributed by atoms with Crippen LogP contribution in [-0.2, 0) is 14.3 Å². The van der Waals surface area contributed by atoms with Crippen LogP contribution in [0, 0.1) is 15.9 Å². The molecular weight excluding hydrogens is 416 g/mol. The van der Waals surface area contributed by atoms with E-state index in [1.165, 1.54) is 18.2 Å². The average molecular weight is 428 g/mol. The van der Waals surface area contributed by atoms with Gasteiger partial charge in [-0.2, -0.15) is 0 Å². The molecular formula is C18H12F4N2O6. The highest BCUT2D eigenvalue weighted by atomic mass is 19.4. The van der Waals surface area contributed by atoms with Crippen LogP contribution in [0.5, 0.6) is 5.75 Å². The van der Waals surface area contributed by atoms with Gasteiger partial charge in [-0.15, -0.1) is 13.2 Å². The Bertz CT molecular complexity index is 974. The molecule has 1 N–H and O–H groups in total. The van der Waals surface area contributed by atoms with E-state index in [2.05, 4.69) is 14.8 Å². The number of ether oxygens (including phenoxy) is 2. The Morgan fingerprint density at radius 1 is 1.13 bits per heavy atom. The number of amides is 1. The zero-order valence-electron chi connectivity index (χ0n) is 14.8. The molecule has 0 spiro atoms. The molecule has 1 amide bonds. The number of nitrogens with one attached hydrogen (secondary N) is 1. The molecule has 0 radical (unpaired) electrons. The molecule has 2 aromatic rings. The van der Waals surface area contributed by atoms with E-state index in [1.54, 1.807) is 0 Å². The van der Waals surface area contributed by atoms with Crippen molar-refractivity contribution in [3.05, 3.63) is 70.0 Å². The van der Waals surface area contributed by atoms with Gasteiger partial charge in [0.2, 0.25) is 0 Å². The highest BCUT2D eigenvalue weighted by Crippen LogP contribution is 2.25. The van der Waals surface area contributed by atoms with E-state index in [0.717, 1.165) is 30.3 Å². The molecule has 0 aromatic heterocycles. The van der Waals surface area contributed by atoms with Crippen molar-refractivity contribution in [3.63, 3.8) is 0 Å². The van der Waals surface area contributed by atoms with E-state index in [4.69, 9.17) is 0 Å². The summed E-state index contributed by atoms with van der Waals surface area (Å²) < 4.78 is 57.7. The van der Waals surface area contributed by atoms with Crippen molar-refractivity contribution in [3.8, 4) is 5.75 Å². The second-order valence-electron chi connectivity index (χ2n) is 5.52. The van der Waals surface area contributed by atoms with Gasteiger partial charge in [-0.05, 0) is 35.9 Å². The molecule has 0 saturated carbocycles. The third kappa shape index (κ3) is 7.22. The lowest BCUT2D eigenvalue weighted by atomic mass is 10.2. The van der Waals surface area contributed by atoms with Crippen LogP contribution in [0.2, 0.25) is 0 Å². The zero-order chi connectivity index (χ0) is 22.3. The number of rotatable bonds is 7. The molecule has 0 heterocycles. The Morgan fingerprint density at radius 3 is 2.40 bits per heavy atom. The Balaban J connectivity index is 1.87. The quantitative estimate of drug-likeness (QED) is 0.236. The van der Waals surface area contributed by atoms with E-state index in [0.29, 0.717) is 11.6 Å². The van der Waals surface area contributed by atoms with Gasteiger partial charge >= 0.3 is 12.3 Å². The normalized spacial score (nSPS) is 11.2. The minimum atomic E-state index is -4.82. The topological polar surface area (TPSA) is 108 Å². The molecule has 0 saturated heterocycles. The number of halogens is 4. The average Bonchev–Trinajstić information content (AvgIpc) is 2.66. The number of hydrogen-bond acceptors (Lipinski definition) is 6. The van der Waals surface area contributed by atoms with E-state index < -0.39 is 47.0 Å². The number of nitrogens with zero attached hydrogens (tertiary/aromatic N) is 1. The molecule has 158 valence electrons. The summed E-state index contributed by atoms with van der Waals surface area (Å²) in [5.41, 5.74) is -0.598. The van der Waals surface area contributed by atoms with E-state index in [9.17, 15) is 37.3 Å². The van der Waals surface area contributed by atoms with E-state index >= 15 is 0 Å². The Morgan fingerprint density at radius 2 is 1.80 bits per heavy atom. The van der Waals surface area contributed by atoms with Crippen molar-refractivity contribution in [1.82, 2.24) is 0 Å². The first-order valence-corrected chi connectivity index (χ1v) is 7.98. The largest absolute Gasteiger partial charge is 0.573 e. The van der Waals surface area contributed by atoms with Crippen LogP contribution in [0.1, 0.15) is 5.56 Å². The van der Waals surface area contributed by atoms with Gasteiger partial charge in [0.1, 0.15) is 17.3 Å². The van der Waals surface area contributed by atoms with Crippen molar-refractivity contribution >= 4 is 29.3 Å². The van der Waals surface area contributed by atoms with Crippen molar-refractivity contribution in [1.29, 1.82) is 0 Å². The van der Waals surface area contributed by atoms with Crippen molar-refractivity contribution < 1.29 is 41.5 Å². The summed E-state index contributed by atoms with van der Waals surface area (Å²) in [6.45, 7) is -0.782. The smallest absolute Gasteiger partial charge is 0.452 e. The van der Waals surface area contributed by atoms with Crippen molar-refractivity contribution in [2.45, 2.75) is 6.36 Å². The van der Waals surface area contributed by atoms with Crippen LogP contribution in [0.25, 0.3) is 6.08 Å². The Kier molecular flexibility index (Phi) is 7.07. The van der Waals surface area contributed by atoms with E-state index in [-0.39, 0.29) is 5.69 Å². The van der Waals surface area contributed by atoms with Gasteiger partial charge < -0.3 is 14.8 Å². The van der Waals surface area contributed by atoms with Crippen LogP contribution in [-0.4, -0.2) is 29.8 Å². The highest BCUT2D eigenvalue weighted by molar-refractivity contribution is 5.96. The summed E-state index contributed by atoms with van der Waals surface area (Å²) in [5.74, 6) is -3.16. The van der Waals surface area contributed by atoms with Gasteiger partial charge in [-0.3, -0.25) is 14.9 Å². The molecule has 0 atom stereocenters. The summed E-state index contributed by atoms with van der Waals surface area (Å²) in [4.78, 5) is 33.4. The lowest BCUT2D eigenvalue weighted by Gasteiger charge is -2.08. The Labute approximate surface area is 165 Å². The molecule has 0 aliphatic carbocycles. The number of carbonyl (C=O) groups is 2. The molecule has 2 rings (SSSR count). The van der Waals surface area contributed by atoms with Crippen LogP contribution in [0.4, 0.5) is 28.9 Å². The molecule has 0 aliphatic heterocycles. The number of anilines is 1. The third-order valence-corrected chi connectivity index (χ3v) is 3.30. The number of benzene rings is 2. The van der Waals surface area contributed by atoms with Crippen LogP contribution < -0.4 is 10.1 Å². The third-order valence-electron chi connectivity index (χ3n) is 3.30. The summed E-state index contributed by atoms with van der Waals surface area (Å²) in [5, 5.41) is 13.0. The van der Waals surface area contributed by atoms with E-state index in [1.807, 2.05) is 0 Å². The van der Waals surface area contributed by atoms with Crippen molar-refractivity contribution in [2.24, 2.45) is 0 Å². The first-order valence-electron chi connectivity index (χ1n) is 7.98. The number of esters is 1. The van der Waals surface area contributed by atoms with Gasteiger partial charge in [0.25, 0.3) is 11.6 Å². The SMILES string of the molecule is O=C(COC(=O)/C=C/c1ccc(OC(F)(F)F)cc1)Nc1ccc(F)cc1[N+](=O)[O-]. The fourth-order valence-electron chi connectivity index (χ4n) is 2.08. The fourth-order valence-corrected chi connectivity index (χ4v) is 2.08. The van der Waals surface area contributed by atoms with Crippen LogP contribution >= 0.6 is 0 Å². The molecule has 8 nitrogen and oxygen atoms in total. The number of nitro benzene ring substituents is 1. The predicted octanol–water partition coefficient (Wildman–Crippen LogP) is 3.83. The first-order chi connectivity index (χ1) is 14.0. The van der Waals surface area contributed by atoms with Crippen LogP contribution in [0.15, 0.2) is 48.5 Å². The second-order valence-corrected chi connectivity index (χ2v) is 5.52. The number of hydrogen-bond donors (Lipinski definition) is 1. The molecule has 0 unspecified atom stereocenters. The molecule has 2 aromatic carbocycles. The molecule has 0 fully saturated rings. The van der Waals surface area contributed by atoms with Crippen molar-refractivity contribution in [2.75, 3.05) is 11.9 Å². The maximum atomic E-state index is 13.1. The summed E-state index contributed by atoms with van der Waals surface area (Å²) >= 11 is 0. The molecule has 0 bridgehead atoms. The molecule has 0 aliphatic rings. The predicted molar refractivity (Wildman–Crippen MR) is 94.8 cm³/mol. The summed E-state index contributed by atoms with van der Waals surface area (Å²) in [6, 6.07) is 7.11. The lowest BCUT2D eigenvalue weighted by molar-refractivity contribution is -0.384. The van der Waals surface area contributed by atoms with Crippen LogP contribution in [0.3, 0.4) is 0 Å². The monoisotopic (exact) mass is 428 g/mol. The minimum absolute atomic E-state index is 0.279. The highest BCUT2D eigenvalue weighted by Gasteiger charge is 2.30. The summed E-state index contributed by atoms with van der Waals surface area (Å²) in [6.07, 6.45) is -2.67. The van der Waals surface area contributed by atoms with Gasteiger partial charge in [0.15, 0.2) is 6.61 Å². The zero-order valence-corrected chi connectivity index (χ0v) is 14.8. The number of carbonyl (C=O) groups excluding carboxylic acids is 2. The van der Waals surface area contributed by atoms with Gasteiger partial charge in [-0.25, -0.2) is 9.18 Å². The standard InChI is InChI=1S/C18H12F4N2O6/c19-12-4-7-14(15(9-12)24(27)28)23-16(25)10-29-17(26)8-3-11-1-5-13(6-2-11)30-18(20,21)22/h1-9H,10H2,(H,23,25)/b8-3+. The molecule has 30 heavy (non-hydrogen) atoms. The molecule has 12 heteroatoms. The van der Waals surface area contributed by atoms with Gasteiger partial charge in [-0.1, -0.05) is 12.1 Å². The summed E-state index contributed by atoms with van der Waals surface area (Å²) in [7, 11) is 0. The first kappa shape index (κ1) is 22.3. The Hall–Kier alpha value is -3.96. The van der Waals surface area contributed by atoms with Gasteiger partial charge in [0, 0.05) is 6.08 Å². The maximum absolute atomic E-state index is 13.1. The maximum Gasteiger partial charge on any atom is 0.573 e. The van der Waals surface area contributed by atoms with Gasteiger partial charge in [0.05, 0.1) is 11.0 Å². The lowest BCUT2D eigenvalue weighted by Crippen LogP contribution is -2.20. The number of alkyl halides is 3.